The fourth-order valence-electron chi connectivity index (χ4n) is 3.41. The van der Waals surface area contributed by atoms with Crippen LogP contribution in [0.5, 0.6) is 0 Å². The Bertz CT molecular complexity index is 846. The van der Waals surface area contributed by atoms with E-state index in [1.807, 2.05) is 6.20 Å². The Morgan fingerprint density at radius 3 is 2.81 bits per heavy atom. The van der Waals surface area contributed by atoms with Gasteiger partial charge in [0, 0.05) is 37.3 Å². The summed E-state index contributed by atoms with van der Waals surface area (Å²) in [5.74, 6) is 1.82. The highest BCUT2D eigenvalue weighted by atomic mass is 127. The predicted octanol–water partition coefficient (Wildman–Crippen LogP) is 4.21. The minimum Gasteiger partial charge on any atom is -0.375 e. The van der Waals surface area contributed by atoms with Crippen LogP contribution in [0.2, 0.25) is 0 Å². The number of ether oxygens (including phenoxy) is 1. The van der Waals surface area contributed by atoms with E-state index >= 15 is 0 Å². The highest BCUT2D eigenvalue weighted by molar-refractivity contribution is 14.0. The fourth-order valence-corrected chi connectivity index (χ4v) is 4.12. The van der Waals surface area contributed by atoms with Crippen LogP contribution in [0.15, 0.2) is 46.4 Å². The number of aliphatic imine (C=N–C) groups is 1. The summed E-state index contributed by atoms with van der Waals surface area (Å²) in [6.07, 6.45) is 4.29. The first-order chi connectivity index (χ1) is 14.6. The van der Waals surface area contributed by atoms with Gasteiger partial charge in [-0.2, -0.15) is 0 Å². The average molecular weight is 556 g/mol. The first kappa shape index (κ1) is 25.7. The Balaban J connectivity index is 0.00000341. The molecule has 1 aliphatic rings. The number of hydrogen-bond donors (Lipinski definition) is 2. The maximum absolute atomic E-state index is 5.61. The van der Waals surface area contributed by atoms with Crippen LogP contribution in [0.1, 0.15) is 30.5 Å². The zero-order valence-corrected chi connectivity index (χ0v) is 22.0. The van der Waals surface area contributed by atoms with Crippen LogP contribution in [-0.2, 0) is 17.8 Å². The number of nitrogens with zero attached hydrogens (tertiary/aromatic N) is 3. The van der Waals surface area contributed by atoms with E-state index in [2.05, 4.69) is 77.9 Å². The summed E-state index contributed by atoms with van der Waals surface area (Å²) in [5.41, 5.74) is 3.66. The molecule has 6 nitrogen and oxygen atoms in total. The molecule has 0 amide bonds. The Labute approximate surface area is 207 Å². The first-order valence-corrected chi connectivity index (χ1v) is 11.8. The number of nitrogens with one attached hydrogen (secondary N) is 2. The van der Waals surface area contributed by atoms with E-state index < -0.39 is 0 Å². The quantitative estimate of drug-likeness (QED) is 0.231. The number of hydrogen-bond acceptors (Lipinski definition) is 5. The summed E-state index contributed by atoms with van der Waals surface area (Å²) in [5, 5.41) is 6.78. The fraction of sp³-hybridized carbons (Fsp3) is 0.478. The van der Waals surface area contributed by atoms with Gasteiger partial charge in [0.05, 0.1) is 19.3 Å². The van der Waals surface area contributed by atoms with Gasteiger partial charge < -0.3 is 20.3 Å². The molecule has 2 heterocycles. The normalized spacial score (nSPS) is 16.6. The van der Waals surface area contributed by atoms with Crippen LogP contribution in [0, 0.1) is 6.92 Å². The maximum Gasteiger partial charge on any atom is 0.191 e. The zero-order valence-electron chi connectivity index (χ0n) is 18.9. The van der Waals surface area contributed by atoms with Crippen molar-refractivity contribution in [2.75, 3.05) is 37.4 Å². The highest BCUT2D eigenvalue weighted by Gasteiger charge is 2.17. The molecule has 31 heavy (non-hydrogen) atoms. The van der Waals surface area contributed by atoms with Gasteiger partial charge in [0.2, 0.25) is 0 Å². The Morgan fingerprint density at radius 2 is 2.13 bits per heavy atom. The van der Waals surface area contributed by atoms with Crippen LogP contribution < -0.4 is 15.5 Å². The number of guanidine groups is 1. The van der Waals surface area contributed by atoms with Crippen LogP contribution in [0.4, 0.5) is 5.82 Å². The van der Waals surface area contributed by atoms with Crippen molar-refractivity contribution in [2.45, 2.75) is 44.9 Å². The van der Waals surface area contributed by atoms with E-state index in [0.717, 1.165) is 50.1 Å². The molecule has 1 unspecified atom stereocenters. The average Bonchev–Trinajstić information content (AvgIpc) is 2.76. The van der Waals surface area contributed by atoms with E-state index in [1.54, 1.807) is 11.8 Å². The summed E-state index contributed by atoms with van der Waals surface area (Å²) in [4.78, 5) is 13.0. The molecule has 0 aliphatic carbocycles. The molecule has 0 bridgehead atoms. The summed E-state index contributed by atoms with van der Waals surface area (Å²) in [6, 6.07) is 10.8. The van der Waals surface area contributed by atoms with Gasteiger partial charge in [0.15, 0.2) is 5.96 Å². The third-order valence-electron chi connectivity index (χ3n) is 5.03. The molecule has 1 fully saturated rings. The lowest BCUT2D eigenvalue weighted by molar-refractivity contribution is 0.0529. The second-order valence-electron chi connectivity index (χ2n) is 7.52. The molecule has 1 saturated heterocycles. The van der Waals surface area contributed by atoms with Crippen LogP contribution in [-0.4, -0.2) is 49.5 Å². The number of morpholine rings is 1. The minimum absolute atomic E-state index is 0. The standard InChI is InChI=1S/C23H33N5OS.HI/c1-5-24-23(27-15-20-8-6-17(2)12-21(20)30-4)26-14-19-7-9-22(25-13-19)28-10-11-29-18(3)16-28;/h6-9,12-13,18H,5,10-11,14-16H2,1-4H3,(H2,24,26,27);1H. The molecular formula is C23H34IN5OS. The van der Waals surface area contributed by atoms with E-state index in [9.17, 15) is 0 Å². The van der Waals surface area contributed by atoms with Crippen LogP contribution in [0.25, 0.3) is 0 Å². The summed E-state index contributed by atoms with van der Waals surface area (Å²) >= 11 is 1.78. The summed E-state index contributed by atoms with van der Waals surface area (Å²) < 4.78 is 5.61. The van der Waals surface area contributed by atoms with Crippen molar-refractivity contribution in [1.82, 2.24) is 15.6 Å². The van der Waals surface area contributed by atoms with Gasteiger partial charge in [-0.05, 0) is 55.9 Å². The van der Waals surface area contributed by atoms with Crippen molar-refractivity contribution in [1.29, 1.82) is 0 Å². The molecule has 2 aromatic rings. The van der Waals surface area contributed by atoms with Crippen molar-refractivity contribution < 1.29 is 4.74 Å². The monoisotopic (exact) mass is 555 g/mol. The number of halogens is 1. The Kier molecular flexibility index (Phi) is 10.9. The molecule has 170 valence electrons. The first-order valence-electron chi connectivity index (χ1n) is 10.6. The number of aromatic nitrogens is 1. The van der Waals surface area contributed by atoms with Gasteiger partial charge in [-0.25, -0.2) is 9.98 Å². The highest BCUT2D eigenvalue weighted by Crippen LogP contribution is 2.21. The third kappa shape index (κ3) is 7.84. The Morgan fingerprint density at radius 1 is 1.29 bits per heavy atom. The van der Waals surface area contributed by atoms with Gasteiger partial charge in [0.25, 0.3) is 0 Å². The molecule has 3 rings (SSSR count). The van der Waals surface area contributed by atoms with Crippen molar-refractivity contribution in [3.05, 3.63) is 53.2 Å². The second-order valence-corrected chi connectivity index (χ2v) is 8.36. The second kappa shape index (κ2) is 13.1. The van der Waals surface area contributed by atoms with E-state index in [-0.39, 0.29) is 30.1 Å². The molecule has 1 atom stereocenters. The number of benzene rings is 1. The van der Waals surface area contributed by atoms with E-state index in [4.69, 9.17) is 9.73 Å². The van der Waals surface area contributed by atoms with Crippen molar-refractivity contribution >= 4 is 47.5 Å². The lowest BCUT2D eigenvalue weighted by atomic mass is 10.1. The van der Waals surface area contributed by atoms with Crippen molar-refractivity contribution in [3.8, 4) is 0 Å². The van der Waals surface area contributed by atoms with Crippen molar-refractivity contribution in [3.63, 3.8) is 0 Å². The topological polar surface area (TPSA) is 61.8 Å². The van der Waals surface area contributed by atoms with E-state index in [0.29, 0.717) is 6.54 Å². The molecule has 1 aromatic heterocycles. The molecule has 2 N–H and O–H groups in total. The Hall–Kier alpha value is -1.52. The smallest absolute Gasteiger partial charge is 0.191 e. The molecule has 1 aromatic carbocycles. The van der Waals surface area contributed by atoms with Gasteiger partial charge in [0.1, 0.15) is 5.82 Å². The largest absolute Gasteiger partial charge is 0.375 e. The maximum atomic E-state index is 5.61. The molecular weight excluding hydrogens is 521 g/mol. The summed E-state index contributed by atoms with van der Waals surface area (Å²) in [7, 11) is 0. The van der Waals surface area contributed by atoms with Gasteiger partial charge >= 0.3 is 0 Å². The number of aryl methyl sites for hydroxylation is 1. The molecule has 8 heteroatoms. The van der Waals surface area contributed by atoms with Crippen LogP contribution >= 0.6 is 35.7 Å². The SMILES string of the molecule is CCNC(=NCc1ccc(N2CCOC(C)C2)nc1)NCc1ccc(C)cc1SC.I. The number of rotatable bonds is 7. The lowest BCUT2D eigenvalue weighted by Crippen LogP contribution is -2.41. The van der Waals surface area contributed by atoms with Crippen molar-refractivity contribution in [2.24, 2.45) is 4.99 Å². The predicted molar refractivity (Wildman–Crippen MR) is 142 cm³/mol. The number of anilines is 1. The number of pyridine rings is 1. The van der Waals surface area contributed by atoms with Gasteiger partial charge in [-0.1, -0.05) is 18.2 Å². The zero-order chi connectivity index (χ0) is 21.3. The van der Waals surface area contributed by atoms with Gasteiger partial charge in [-0.3, -0.25) is 0 Å². The van der Waals surface area contributed by atoms with Gasteiger partial charge in [-0.15, -0.1) is 35.7 Å². The third-order valence-corrected chi connectivity index (χ3v) is 5.85. The van der Waals surface area contributed by atoms with E-state index in [1.165, 1.54) is 16.0 Å². The lowest BCUT2D eigenvalue weighted by Gasteiger charge is -2.32. The minimum atomic E-state index is 0. The summed E-state index contributed by atoms with van der Waals surface area (Å²) in [6.45, 7) is 11.0. The van der Waals surface area contributed by atoms with Crippen LogP contribution in [0.3, 0.4) is 0 Å². The molecule has 0 radical (unpaired) electrons. The molecule has 1 aliphatic heterocycles. The molecule has 0 spiro atoms. The number of thioether (sulfide) groups is 1. The molecule has 0 saturated carbocycles.